The molecule has 31 heavy (non-hydrogen) atoms. The van der Waals surface area contributed by atoms with Crippen molar-refractivity contribution in [2.45, 2.75) is 18.9 Å². The molecular formula is C22H20ClN7O. The minimum absolute atomic E-state index is 0.350. The molecule has 0 amide bonds. The Kier molecular flexibility index (Phi) is 4.22. The predicted octanol–water partition coefficient (Wildman–Crippen LogP) is 4.61. The number of furan rings is 1. The normalized spacial score (nSPS) is 15.9. The van der Waals surface area contributed by atoms with Crippen LogP contribution in [0.25, 0.3) is 44.3 Å². The number of nitrogens with one attached hydrogen (secondary N) is 1. The van der Waals surface area contributed by atoms with Crippen molar-refractivity contribution in [3.8, 4) is 22.5 Å². The number of aromatic amines is 1. The minimum atomic E-state index is 0.350. The van der Waals surface area contributed by atoms with Crippen molar-refractivity contribution in [3.05, 3.63) is 49.1 Å². The smallest absolute Gasteiger partial charge is 0.177 e. The van der Waals surface area contributed by atoms with Gasteiger partial charge in [-0.05, 0) is 48.9 Å². The third-order valence-corrected chi connectivity index (χ3v) is 6.35. The summed E-state index contributed by atoms with van der Waals surface area (Å²) in [6.07, 6.45) is 9.50. The number of halogens is 1. The lowest BCUT2D eigenvalue weighted by Crippen LogP contribution is -2.28. The van der Waals surface area contributed by atoms with Crippen molar-refractivity contribution in [3.63, 3.8) is 0 Å². The van der Waals surface area contributed by atoms with Gasteiger partial charge in [0.05, 0.1) is 24.0 Å². The van der Waals surface area contributed by atoms with Gasteiger partial charge in [0.1, 0.15) is 5.76 Å². The van der Waals surface area contributed by atoms with Gasteiger partial charge in [-0.1, -0.05) is 0 Å². The Balaban J connectivity index is 1.41. The third-order valence-electron chi connectivity index (χ3n) is 6.01. The summed E-state index contributed by atoms with van der Waals surface area (Å²) in [6.45, 7) is 1.72. The molecule has 0 radical (unpaired) electrons. The molecule has 4 aromatic heterocycles. The van der Waals surface area contributed by atoms with E-state index in [1.165, 1.54) is 0 Å². The van der Waals surface area contributed by atoms with Gasteiger partial charge >= 0.3 is 0 Å². The summed E-state index contributed by atoms with van der Waals surface area (Å²) in [5.41, 5.74) is 10.6. The highest BCUT2D eigenvalue weighted by Gasteiger charge is 2.21. The van der Waals surface area contributed by atoms with Crippen LogP contribution in [0.5, 0.6) is 0 Å². The Hall–Kier alpha value is -3.36. The molecule has 3 N–H and O–H groups in total. The SMILES string of the molecule is Nc1ncc(-c2cnn(C3CCN(Cl)CC3)c2)c2cc(-c3ccc4[nH]ncc4c3)oc12. The van der Waals surface area contributed by atoms with E-state index in [0.717, 1.165) is 64.7 Å². The van der Waals surface area contributed by atoms with Gasteiger partial charge in [-0.3, -0.25) is 9.78 Å². The molecule has 1 aliphatic heterocycles. The summed E-state index contributed by atoms with van der Waals surface area (Å²) >= 11 is 6.10. The third kappa shape index (κ3) is 3.15. The number of pyridine rings is 1. The molecule has 8 nitrogen and oxygen atoms in total. The van der Waals surface area contributed by atoms with Crippen LogP contribution in [-0.2, 0) is 0 Å². The number of piperidine rings is 1. The van der Waals surface area contributed by atoms with Gasteiger partial charge in [-0.15, -0.1) is 0 Å². The first-order valence-electron chi connectivity index (χ1n) is 10.2. The van der Waals surface area contributed by atoms with E-state index in [1.807, 2.05) is 39.6 Å². The maximum absolute atomic E-state index is 6.15. The molecule has 0 unspecified atom stereocenters. The van der Waals surface area contributed by atoms with Crippen molar-refractivity contribution in [1.82, 2.24) is 29.4 Å². The Bertz CT molecular complexity index is 1390. The first-order valence-corrected chi connectivity index (χ1v) is 10.6. The van der Waals surface area contributed by atoms with Crippen molar-refractivity contribution < 1.29 is 4.42 Å². The van der Waals surface area contributed by atoms with Crippen LogP contribution in [-0.4, -0.2) is 42.5 Å². The molecule has 156 valence electrons. The molecule has 0 atom stereocenters. The maximum atomic E-state index is 6.15. The number of aromatic nitrogens is 5. The number of anilines is 1. The van der Waals surface area contributed by atoms with Gasteiger partial charge in [-0.25, -0.2) is 9.40 Å². The number of hydrogen-bond acceptors (Lipinski definition) is 6. The van der Waals surface area contributed by atoms with Crippen molar-refractivity contribution in [1.29, 1.82) is 0 Å². The highest BCUT2D eigenvalue weighted by atomic mass is 35.5. The standard InChI is InChI=1S/C22H20ClN7O/c23-29-5-3-16(4-6-29)30-12-15(10-27-30)18-11-25-22(24)21-17(18)8-20(31-21)13-1-2-19-14(7-13)9-26-28-19/h1-2,7-12,16H,3-6H2,(H2,24,25)(H,26,28). The van der Waals surface area contributed by atoms with Crippen molar-refractivity contribution >= 4 is 39.5 Å². The van der Waals surface area contributed by atoms with Gasteiger partial charge in [-0.2, -0.15) is 10.2 Å². The van der Waals surface area contributed by atoms with Crippen LogP contribution in [0.15, 0.2) is 53.5 Å². The Morgan fingerprint density at radius 3 is 2.84 bits per heavy atom. The van der Waals surface area contributed by atoms with E-state index in [9.17, 15) is 0 Å². The van der Waals surface area contributed by atoms with E-state index in [4.69, 9.17) is 21.9 Å². The van der Waals surface area contributed by atoms with Gasteiger partial charge in [0, 0.05) is 52.9 Å². The Morgan fingerprint density at radius 2 is 1.97 bits per heavy atom. The second kappa shape index (κ2) is 7.11. The van der Waals surface area contributed by atoms with E-state index in [2.05, 4.69) is 26.5 Å². The van der Waals surface area contributed by atoms with Crippen LogP contribution in [0, 0.1) is 0 Å². The lowest BCUT2D eigenvalue weighted by Gasteiger charge is -2.27. The number of rotatable bonds is 3. The number of benzene rings is 1. The fourth-order valence-electron chi connectivity index (χ4n) is 4.29. The number of fused-ring (bicyclic) bond motifs is 2. The number of nitrogens with two attached hydrogens (primary N) is 1. The number of H-pyrrole nitrogens is 1. The van der Waals surface area contributed by atoms with E-state index < -0.39 is 0 Å². The minimum Gasteiger partial charge on any atom is -0.452 e. The molecule has 5 heterocycles. The van der Waals surface area contributed by atoms with Crippen LogP contribution in [0.2, 0.25) is 0 Å². The van der Waals surface area contributed by atoms with E-state index in [0.29, 0.717) is 17.4 Å². The first kappa shape index (κ1) is 18.4. The summed E-state index contributed by atoms with van der Waals surface area (Å²) in [6, 6.07) is 8.41. The van der Waals surface area contributed by atoms with Crippen LogP contribution < -0.4 is 5.73 Å². The summed E-state index contributed by atoms with van der Waals surface area (Å²) in [7, 11) is 0. The summed E-state index contributed by atoms with van der Waals surface area (Å²) < 4.78 is 10.0. The van der Waals surface area contributed by atoms with Crippen LogP contribution in [0.4, 0.5) is 5.82 Å². The zero-order valence-electron chi connectivity index (χ0n) is 16.6. The highest BCUT2D eigenvalue weighted by Crippen LogP contribution is 2.37. The fraction of sp³-hybridized carbons (Fsp3) is 0.227. The number of nitrogens with zero attached hydrogens (tertiary/aromatic N) is 5. The largest absolute Gasteiger partial charge is 0.452 e. The molecule has 5 aromatic rings. The topological polar surface area (TPSA) is 102 Å². The van der Waals surface area contributed by atoms with Gasteiger partial charge in [0.15, 0.2) is 11.4 Å². The average molecular weight is 434 g/mol. The lowest BCUT2D eigenvalue weighted by molar-refractivity contribution is 0.269. The van der Waals surface area contributed by atoms with Crippen LogP contribution in [0.3, 0.4) is 0 Å². The van der Waals surface area contributed by atoms with E-state index in [-0.39, 0.29) is 0 Å². The van der Waals surface area contributed by atoms with Gasteiger partial charge < -0.3 is 10.2 Å². The first-order chi connectivity index (χ1) is 15.2. The zero-order valence-corrected chi connectivity index (χ0v) is 17.4. The molecular weight excluding hydrogens is 414 g/mol. The highest BCUT2D eigenvalue weighted by molar-refractivity contribution is 6.13. The molecule has 1 aliphatic rings. The second-order valence-corrected chi connectivity index (χ2v) is 8.41. The maximum Gasteiger partial charge on any atom is 0.177 e. The molecule has 0 bridgehead atoms. The Labute approximate surface area is 182 Å². The van der Waals surface area contributed by atoms with Gasteiger partial charge in [0.2, 0.25) is 0 Å². The zero-order chi connectivity index (χ0) is 20.9. The molecule has 0 aliphatic carbocycles. The second-order valence-electron chi connectivity index (χ2n) is 7.93. The molecule has 0 spiro atoms. The van der Waals surface area contributed by atoms with Crippen molar-refractivity contribution in [2.75, 3.05) is 18.8 Å². The average Bonchev–Trinajstić information content (AvgIpc) is 3.53. The number of nitrogen functional groups attached to an aromatic ring is 1. The summed E-state index contributed by atoms with van der Waals surface area (Å²) in [5.74, 6) is 1.11. The van der Waals surface area contributed by atoms with E-state index in [1.54, 1.807) is 12.4 Å². The van der Waals surface area contributed by atoms with Gasteiger partial charge in [0.25, 0.3) is 0 Å². The van der Waals surface area contributed by atoms with Crippen LogP contribution >= 0.6 is 11.8 Å². The molecule has 1 saturated heterocycles. The Morgan fingerprint density at radius 1 is 1.10 bits per heavy atom. The molecule has 1 fully saturated rings. The fourth-order valence-corrected chi connectivity index (χ4v) is 4.48. The molecule has 6 rings (SSSR count). The summed E-state index contributed by atoms with van der Waals surface area (Å²) in [4.78, 5) is 4.37. The molecule has 0 saturated carbocycles. The monoisotopic (exact) mass is 433 g/mol. The van der Waals surface area contributed by atoms with Crippen molar-refractivity contribution in [2.24, 2.45) is 0 Å². The molecule has 1 aromatic carbocycles. The summed E-state index contributed by atoms with van der Waals surface area (Å²) in [5, 5.41) is 13.6. The van der Waals surface area contributed by atoms with Crippen LogP contribution in [0.1, 0.15) is 18.9 Å². The predicted molar refractivity (Wildman–Crippen MR) is 120 cm³/mol. The quantitative estimate of drug-likeness (QED) is 0.403. The number of hydrogen-bond donors (Lipinski definition) is 2. The lowest BCUT2D eigenvalue weighted by atomic mass is 10.1. The molecule has 9 heteroatoms. The van der Waals surface area contributed by atoms with E-state index >= 15 is 0 Å².